The highest BCUT2D eigenvalue weighted by Crippen LogP contribution is 2.28. The van der Waals surface area contributed by atoms with E-state index in [1.165, 1.54) is 33.4 Å². The number of hydrogen-bond acceptors (Lipinski definition) is 3. The van der Waals surface area contributed by atoms with E-state index in [9.17, 15) is 0 Å². The molecule has 2 aromatic heterocycles. The number of nitrogens with zero attached hydrogens (tertiary/aromatic N) is 4. The van der Waals surface area contributed by atoms with Gasteiger partial charge in [-0.3, -0.25) is 9.39 Å². The Morgan fingerprint density at radius 1 is 1.07 bits per heavy atom. The first-order valence-electron chi connectivity index (χ1n) is 10.5. The Labute approximate surface area is 174 Å². The average molecular weight is 389 g/mol. The normalized spacial score (nSPS) is 11.9. The van der Waals surface area contributed by atoms with Gasteiger partial charge in [-0.25, -0.2) is 0 Å². The Balaban J connectivity index is 1.90. The summed E-state index contributed by atoms with van der Waals surface area (Å²) in [5.74, 6) is 0.998. The van der Waals surface area contributed by atoms with Crippen LogP contribution in [0, 0.1) is 6.92 Å². The molecule has 0 N–H and O–H groups in total. The van der Waals surface area contributed by atoms with Crippen LogP contribution in [0.4, 0.5) is 0 Å². The van der Waals surface area contributed by atoms with Crippen LogP contribution in [0.2, 0.25) is 0 Å². The fraction of sp³-hybridized carbons (Fsp3) is 0.400. The molecule has 0 spiro atoms. The molecular weight excluding hydrogens is 356 g/mol. The van der Waals surface area contributed by atoms with Crippen LogP contribution in [0.25, 0.3) is 16.8 Å². The molecule has 0 aliphatic rings. The van der Waals surface area contributed by atoms with Crippen molar-refractivity contribution in [2.24, 2.45) is 4.99 Å². The van der Waals surface area contributed by atoms with E-state index in [0.29, 0.717) is 0 Å². The van der Waals surface area contributed by atoms with E-state index in [1.807, 2.05) is 7.05 Å². The minimum absolute atomic E-state index is 0.870. The van der Waals surface area contributed by atoms with Gasteiger partial charge in [0.25, 0.3) is 0 Å². The number of aliphatic imine (C=N–C) groups is 1. The maximum atomic E-state index is 4.40. The lowest BCUT2D eigenvalue weighted by atomic mass is 9.93. The van der Waals surface area contributed by atoms with E-state index < -0.39 is 0 Å². The summed E-state index contributed by atoms with van der Waals surface area (Å²) in [5, 5.41) is 8.56. The molecular formula is C25H32N4. The molecule has 0 aliphatic carbocycles. The number of rotatable bonds is 7. The average Bonchev–Trinajstić information content (AvgIpc) is 3.12. The second kappa shape index (κ2) is 9.17. The lowest BCUT2D eigenvalue weighted by Crippen LogP contribution is -2.02. The molecule has 0 saturated heterocycles. The second-order valence-corrected chi connectivity index (χ2v) is 7.92. The predicted octanol–water partition coefficient (Wildman–Crippen LogP) is 6.02. The first-order valence-corrected chi connectivity index (χ1v) is 10.5. The Morgan fingerprint density at radius 2 is 1.86 bits per heavy atom. The standard InChI is InChI=1S/C25H32N4/c1-7-24-27-28-25-14-12-21(16-29(24)25)23-13-11-18(4)15-20(23)9-8-10-22(17(2)3)19(5)26-6/h11-16H,7-10H2,1-6H3. The number of benzene rings is 1. The van der Waals surface area contributed by atoms with E-state index in [0.717, 1.165) is 42.9 Å². The molecule has 29 heavy (non-hydrogen) atoms. The first kappa shape index (κ1) is 21.0. The highest BCUT2D eigenvalue weighted by Gasteiger charge is 2.11. The van der Waals surface area contributed by atoms with Gasteiger partial charge in [-0.15, -0.1) is 10.2 Å². The van der Waals surface area contributed by atoms with Gasteiger partial charge < -0.3 is 0 Å². The molecule has 152 valence electrons. The number of pyridine rings is 1. The first-order chi connectivity index (χ1) is 13.9. The van der Waals surface area contributed by atoms with Crippen molar-refractivity contribution < 1.29 is 0 Å². The third-order valence-electron chi connectivity index (χ3n) is 5.61. The van der Waals surface area contributed by atoms with Gasteiger partial charge in [-0.05, 0) is 81.4 Å². The molecule has 0 radical (unpaired) electrons. The Kier molecular flexibility index (Phi) is 6.63. The molecule has 0 saturated carbocycles. The molecule has 4 heteroatoms. The molecule has 3 aromatic rings. The van der Waals surface area contributed by atoms with Crippen LogP contribution in [0.5, 0.6) is 0 Å². The topological polar surface area (TPSA) is 42.5 Å². The van der Waals surface area contributed by atoms with Crippen LogP contribution in [0.15, 0.2) is 52.7 Å². The van der Waals surface area contributed by atoms with Crippen LogP contribution < -0.4 is 0 Å². The number of aryl methyl sites for hydroxylation is 3. The van der Waals surface area contributed by atoms with Crippen molar-refractivity contribution in [2.45, 2.75) is 60.3 Å². The molecule has 1 aromatic carbocycles. The van der Waals surface area contributed by atoms with Gasteiger partial charge in [0, 0.05) is 25.4 Å². The lowest BCUT2D eigenvalue weighted by Gasteiger charge is -2.14. The molecule has 0 unspecified atom stereocenters. The van der Waals surface area contributed by atoms with Crippen LogP contribution in [0.3, 0.4) is 0 Å². The van der Waals surface area contributed by atoms with Crippen LogP contribution >= 0.6 is 0 Å². The number of hydrogen-bond donors (Lipinski definition) is 0. The van der Waals surface area contributed by atoms with Crippen LogP contribution in [-0.4, -0.2) is 27.4 Å². The summed E-state index contributed by atoms with van der Waals surface area (Å²) in [5.41, 5.74) is 10.0. The van der Waals surface area contributed by atoms with Gasteiger partial charge in [-0.1, -0.05) is 36.3 Å². The smallest absolute Gasteiger partial charge is 0.160 e. The van der Waals surface area contributed by atoms with Crippen molar-refractivity contribution in [2.75, 3.05) is 7.05 Å². The zero-order valence-electron chi connectivity index (χ0n) is 18.6. The Hall–Kier alpha value is -2.75. The monoisotopic (exact) mass is 388 g/mol. The summed E-state index contributed by atoms with van der Waals surface area (Å²) in [6.07, 6.45) is 6.26. The van der Waals surface area contributed by atoms with Gasteiger partial charge in [-0.2, -0.15) is 0 Å². The van der Waals surface area contributed by atoms with E-state index in [-0.39, 0.29) is 0 Å². The van der Waals surface area contributed by atoms with Crippen molar-refractivity contribution in [3.8, 4) is 11.1 Å². The molecule has 0 amide bonds. The van der Waals surface area contributed by atoms with Crippen molar-refractivity contribution in [1.29, 1.82) is 0 Å². The largest absolute Gasteiger partial charge is 0.293 e. The highest BCUT2D eigenvalue weighted by molar-refractivity contribution is 5.98. The third kappa shape index (κ3) is 4.64. The summed E-state index contributed by atoms with van der Waals surface area (Å²) in [6, 6.07) is 11.0. The summed E-state index contributed by atoms with van der Waals surface area (Å²) >= 11 is 0. The van der Waals surface area contributed by atoms with Crippen LogP contribution in [0.1, 0.15) is 57.5 Å². The fourth-order valence-electron chi connectivity index (χ4n) is 3.93. The molecule has 0 bridgehead atoms. The highest BCUT2D eigenvalue weighted by atomic mass is 15.2. The maximum absolute atomic E-state index is 4.40. The molecule has 0 aliphatic heterocycles. The second-order valence-electron chi connectivity index (χ2n) is 7.92. The van der Waals surface area contributed by atoms with Gasteiger partial charge in [0.15, 0.2) is 5.65 Å². The Morgan fingerprint density at radius 3 is 2.55 bits per heavy atom. The summed E-state index contributed by atoms with van der Waals surface area (Å²) < 4.78 is 2.11. The zero-order valence-corrected chi connectivity index (χ0v) is 18.6. The predicted molar refractivity (Wildman–Crippen MR) is 123 cm³/mol. The van der Waals surface area contributed by atoms with Crippen molar-refractivity contribution in [3.63, 3.8) is 0 Å². The number of allylic oxidation sites excluding steroid dienone is 2. The minimum atomic E-state index is 0.870. The SMILES string of the molecule is CCc1nnc2ccc(-c3ccc(C)cc3CCCC(C(C)=NC)=C(C)C)cn12. The summed E-state index contributed by atoms with van der Waals surface area (Å²) in [4.78, 5) is 4.40. The molecule has 0 atom stereocenters. The van der Waals surface area contributed by atoms with Crippen molar-refractivity contribution >= 4 is 11.4 Å². The van der Waals surface area contributed by atoms with Gasteiger partial charge in [0.1, 0.15) is 5.82 Å². The zero-order chi connectivity index (χ0) is 21.0. The van der Waals surface area contributed by atoms with E-state index in [2.05, 4.69) is 90.7 Å². The number of aromatic nitrogens is 3. The summed E-state index contributed by atoms with van der Waals surface area (Å²) in [6.45, 7) is 10.8. The van der Waals surface area contributed by atoms with Crippen molar-refractivity contribution in [3.05, 3.63) is 64.6 Å². The van der Waals surface area contributed by atoms with Gasteiger partial charge >= 0.3 is 0 Å². The van der Waals surface area contributed by atoms with Crippen LogP contribution in [-0.2, 0) is 12.8 Å². The Bertz CT molecular complexity index is 1070. The quantitative estimate of drug-likeness (QED) is 0.465. The maximum Gasteiger partial charge on any atom is 0.160 e. The fourth-order valence-corrected chi connectivity index (χ4v) is 3.93. The van der Waals surface area contributed by atoms with Crippen molar-refractivity contribution in [1.82, 2.24) is 14.6 Å². The van der Waals surface area contributed by atoms with E-state index in [1.54, 1.807) is 0 Å². The summed E-state index contributed by atoms with van der Waals surface area (Å²) in [7, 11) is 1.88. The third-order valence-corrected chi connectivity index (χ3v) is 5.61. The molecule has 0 fully saturated rings. The molecule has 4 nitrogen and oxygen atoms in total. The minimum Gasteiger partial charge on any atom is -0.293 e. The van der Waals surface area contributed by atoms with E-state index in [4.69, 9.17) is 0 Å². The van der Waals surface area contributed by atoms with Gasteiger partial charge in [0.05, 0.1) is 0 Å². The molecule has 2 heterocycles. The number of fused-ring (bicyclic) bond motifs is 1. The lowest BCUT2D eigenvalue weighted by molar-refractivity contribution is 0.822. The van der Waals surface area contributed by atoms with E-state index >= 15 is 0 Å². The molecule has 3 rings (SSSR count). The van der Waals surface area contributed by atoms with Gasteiger partial charge in [0.2, 0.25) is 0 Å².